The van der Waals surface area contributed by atoms with Crippen molar-refractivity contribution in [3.05, 3.63) is 63.2 Å². The maximum Gasteiger partial charge on any atom is 0.293 e. The highest BCUT2D eigenvalue weighted by atomic mass is 32.1. The van der Waals surface area contributed by atoms with Crippen molar-refractivity contribution in [3.63, 3.8) is 0 Å². The molecule has 1 aliphatic rings. The Bertz CT molecular complexity index is 1040. The van der Waals surface area contributed by atoms with E-state index in [1.807, 2.05) is 34.5 Å². The van der Waals surface area contributed by atoms with E-state index in [0.717, 1.165) is 41.0 Å². The van der Waals surface area contributed by atoms with Crippen LogP contribution >= 0.6 is 11.3 Å². The Hall–Kier alpha value is -2.80. The zero-order valence-electron chi connectivity index (χ0n) is 18.4. The van der Waals surface area contributed by atoms with Gasteiger partial charge in [0.15, 0.2) is 11.5 Å². The smallest absolute Gasteiger partial charge is 0.293 e. The van der Waals surface area contributed by atoms with Crippen molar-refractivity contribution in [1.82, 2.24) is 10.1 Å². The zero-order chi connectivity index (χ0) is 22.0. The molecule has 3 heterocycles. The number of ether oxygens (including phenoxy) is 2. The number of methoxy groups -OCH3 is 2. The van der Waals surface area contributed by atoms with Gasteiger partial charge in [-0.25, -0.2) is 0 Å². The Kier molecular flexibility index (Phi) is 6.32. The molecule has 1 amide bonds. The van der Waals surface area contributed by atoms with E-state index in [-0.39, 0.29) is 11.9 Å². The number of carbonyl (C=O) groups is 1. The fourth-order valence-electron chi connectivity index (χ4n) is 4.35. The minimum Gasteiger partial charge on any atom is -0.493 e. The number of aromatic nitrogens is 1. The summed E-state index contributed by atoms with van der Waals surface area (Å²) in [5.41, 5.74) is 3.07. The summed E-state index contributed by atoms with van der Waals surface area (Å²) in [4.78, 5) is 16.5. The first kappa shape index (κ1) is 21.4. The zero-order valence-corrected chi connectivity index (χ0v) is 19.2. The van der Waals surface area contributed by atoms with Crippen LogP contribution < -0.4 is 9.47 Å². The van der Waals surface area contributed by atoms with Crippen molar-refractivity contribution in [1.29, 1.82) is 0 Å². The van der Waals surface area contributed by atoms with Gasteiger partial charge in [-0.3, -0.25) is 4.79 Å². The number of rotatable bonds is 7. The lowest BCUT2D eigenvalue weighted by Gasteiger charge is -2.36. The van der Waals surface area contributed by atoms with Crippen LogP contribution in [0.5, 0.6) is 11.5 Å². The number of hydrogen-bond donors (Lipinski definition) is 0. The van der Waals surface area contributed by atoms with E-state index in [4.69, 9.17) is 14.0 Å². The molecule has 1 aromatic carbocycles. The molecular formula is C24H28N2O4S. The Morgan fingerprint density at radius 3 is 2.61 bits per heavy atom. The molecule has 3 aromatic rings. The van der Waals surface area contributed by atoms with E-state index in [9.17, 15) is 4.79 Å². The van der Waals surface area contributed by atoms with Gasteiger partial charge in [0.2, 0.25) is 5.76 Å². The number of benzene rings is 1. The van der Waals surface area contributed by atoms with Gasteiger partial charge < -0.3 is 18.9 Å². The fraction of sp³-hybridized carbons (Fsp3) is 0.417. The standard InChI is InChI=1S/C24H28N2O4S/c1-5-15(6-2)18-14-21(30-25-18)24(27)26-10-9-16-12-19(28-3)20(29-4)13-17(16)23(26)22-8-7-11-31-22/h7-8,11-15,23H,5-6,9-10H2,1-4H3/t23-/m1/s1. The third kappa shape index (κ3) is 3.94. The van der Waals surface area contributed by atoms with Crippen LogP contribution in [0, 0.1) is 0 Å². The Morgan fingerprint density at radius 2 is 1.97 bits per heavy atom. The van der Waals surface area contributed by atoms with Gasteiger partial charge in [0.25, 0.3) is 5.91 Å². The topological polar surface area (TPSA) is 64.8 Å². The molecule has 1 aliphatic heterocycles. The van der Waals surface area contributed by atoms with Gasteiger partial charge in [0.05, 0.1) is 26.0 Å². The molecule has 0 radical (unpaired) electrons. The lowest BCUT2D eigenvalue weighted by molar-refractivity contribution is 0.0654. The van der Waals surface area contributed by atoms with E-state index < -0.39 is 0 Å². The normalized spacial score (nSPS) is 15.8. The molecule has 0 fully saturated rings. The van der Waals surface area contributed by atoms with Crippen LogP contribution in [0.15, 0.2) is 40.2 Å². The first-order chi connectivity index (χ1) is 15.1. The molecule has 2 aromatic heterocycles. The summed E-state index contributed by atoms with van der Waals surface area (Å²) < 4.78 is 16.6. The predicted octanol–water partition coefficient (Wildman–Crippen LogP) is 5.44. The summed E-state index contributed by atoms with van der Waals surface area (Å²) in [6.45, 7) is 4.84. The maximum atomic E-state index is 13.5. The largest absolute Gasteiger partial charge is 0.493 e. The Morgan fingerprint density at radius 1 is 1.23 bits per heavy atom. The van der Waals surface area contributed by atoms with Crippen LogP contribution in [0.3, 0.4) is 0 Å². The second-order valence-electron chi connectivity index (χ2n) is 7.70. The Labute approximate surface area is 186 Å². The quantitative estimate of drug-likeness (QED) is 0.489. The van der Waals surface area contributed by atoms with Gasteiger partial charge in [-0.2, -0.15) is 0 Å². The molecule has 0 aliphatic carbocycles. The summed E-state index contributed by atoms with van der Waals surface area (Å²) in [6, 6.07) is 9.70. The van der Waals surface area contributed by atoms with E-state index in [1.165, 1.54) is 0 Å². The molecule has 0 bridgehead atoms. The molecule has 0 spiro atoms. The van der Waals surface area contributed by atoms with Crippen molar-refractivity contribution in [2.75, 3.05) is 20.8 Å². The monoisotopic (exact) mass is 440 g/mol. The fourth-order valence-corrected chi connectivity index (χ4v) is 5.20. The molecule has 6 nitrogen and oxygen atoms in total. The third-order valence-corrected chi connectivity index (χ3v) is 7.02. The highest BCUT2D eigenvalue weighted by molar-refractivity contribution is 7.10. The van der Waals surface area contributed by atoms with E-state index in [0.29, 0.717) is 29.7 Å². The molecular weight excluding hydrogens is 412 g/mol. The number of thiophene rings is 1. The summed E-state index contributed by atoms with van der Waals surface area (Å²) in [5, 5.41) is 6.23. The van der Waals surface area contributed by atoms with Gasteiger partial charge in [-0.05, 0) is 54.0 Å². The van der Waals surface area contributed by atoms with Gasteiger partial charge in [0, 0.05) is 23.4 Å². The van der Waals surface area contributed by atoms with Crippen LogP contribution in [0.25, 0.3) is 0 Å². The number of carbonyl (C=O) groups excluding carboxylic acids is 1. The molecule has 4 rings (SSSR count). The number of amides is 1. The summed E-state index contributed by atoms with van der Waals surface area (Å²) in [6.07, 6.45) is 2.66. The summed E-state index contributed by atoms with van der Waals surface area (Å²) >= 11 is 1.64. The highest BCUT2D eigenvalue weighted by Gasteiger charge is 2.36. The first-order valence-electron chi connectivity index (χ1n) is 10.7. The second-order valence-corrected chi connectivity index (χ2v) is 8.68. The van der Waals surface area contributed by atoms with E-state index in [2.05, 4.69) is 25.1 Å². The Balaban J connectivity index is 1.74. The average molecular weight is 441 g/mol. The minimum atomic E-state index is -0.210. The summed E-state index contributed by atoms with van der Waals surface area (Å²) in [7, 11) is 3.27. The van der Waals surface area contributed by atoms with Gasteiger partial charge in [0.1, 0.15) is 0 Å². The van der Waals surface area contributed by atoms with Crippen molar-refractivity contribution in [2.45, 2.75) is 45.1 Å². The third-order valence-electron chi connectivity index (χ3n) is 6.09. The molecule has 0 saturated heterocycles. The van der Waals surface area contributed by atoms with Crippen LogP contribution in [0.2, 0.25) is 0 Å². The molecule has 31 heavy (non-hydrogen) atoms. The predicted molar refractivity (Wildman–Crippen MR) is 120 cm³/mol. The molecule has 0 saturated carbocycles. The molecule has 0 N–H and O–H groups in total. The van der Waals surface area contributed by atoms with Crippen molar-refractivity contribution < 1.29 is 18.8 Å². The minimum absolute atomic E-state index is 0.136. The van der Waals surface area contributed by atoms with Gasteiger partial charge in [-0.1, -0.05) is 25.1 Å². The van der Waals surface area contributed by atoms with Gasteiger partial charge in [-0.15, -0.1) is 11.3 Å². The number of nitrogens with zero attached hydrogens (tertiary/aromatic N) is 2. The maximum absolute atomic E-state index is 13.5. The molecule has 0 unspecified atom stereocenters. The van der Waals surface area contributed by atoms with Crippen LogP contribution in [0.1, 0.15) is 70.9 Å². The second kappa shape index (κ2) is 9.14. The first-order valence-corrected chi connectivity index (χ1v) is 11.5. The van der Waals surface area contributed by atoms with Crippen LogP contribution in [0.4, 0.5) is 0 Å². The molecule has 7 heteroatoms. The van der Waals surface area contributed by atoms with E-state index in [1.54, 1.807) is 25.6 Å². The molecule has 164 valence electrons. The van der Waals surface area contributed by atoms with E-state index >= 15 is 0 Å². The van der Waals surface area contributed by atoms with Crippen LogP contribution in [-0.4, -0.2) is 36.7 Å². The van der Waals surface area contributed by atoms with Crippen molar-refractivity contribution in [3.8, 4) is 11.5 Å². The summed E-state index contributed by atoms with van der Waals surface area (Å²) in [5.74, 6) is 1.83. The lowest BCUT2D eigenvalue weighted by Crippen LogP contribution is -2.40. The van der Waals surface area contributed by atoms with Crippen molar-refractivity contribution in [2.24, 2.45) is 0 Å². The van der Waals surface area contributed by atoms with Gasteiger partial charge >= 0.3 is 0 Å². The average Bonchev–Trinajstić information content (AvgIpc) is 3.50. The van der Waals surface area contributed by atoms with Crippen molar-refractivity contribution >= 4 is 17.2 Å². The number of hydrogen-bond acceptors (Lipinski definition) is 6. The SMILES string of the molecule is CCC(CC)c1cc(C(=O)N2CCc3cc(OC)c(OC)cc3[C@@H]2c2cccs2)on1. The lowest BCUT2D eigenvalue weighted by atomic mass is 9.90. The number of fused-ring (bicyclic) bond motifs is 1. The molecule has 1 atom stereocenters. The van der Waals surface area contributed by atoms with Crippen LogP contribution in [-0.2, 0) is 6.42 Å². The highest BCUT2D eigenvalue weighted by Crippen LogP contribution is 2.42.